The quantitative estimate of drug-likeness (QED) is 0.0321. The smallest absolute Gasteiger partial charge is 0.305 e. The van der Waals surface area contributed by atoms with Crippen LogP contribution >= 0.6 is 0 Å². The second-order valence-electron chi connectivity index (χ2n) is 19.6. The van der Waals surface area contributed by atoms with E-state index in [0.29, 0.717) is 19.4 Å². The lowest BCUT2D eigenvalue weighted by Crippen LogP contribution is -2.45. The van der Waals surface area contributed by atoms with Gasteiger partial charge in [0.25, 0.3) is 0 Å². The summed E-state index contributed by atoms with van der Waals surface area (Å²) < 4.78 is 5.46. The Morgan fingerprint density at radius 1 is 0.431 bits per heavy atom. The summed E-state index contributed by atoms with van der Waals surface area (Å²) in [6.07, 6.45) is 67.3. The SMILES string of the molecule is CCCCC/C=C\C/C=C\CCCCCCCC(=O)OCCCCCCCCCCCCCC(=O)NC(CO)C(O)/C=C/CCCCCCCCCCCCCCCCCCCCCC. The maximum Gasteiger partial charge on any atom is 0.305 e. The summed E-state index contributed by atoms with van der Waals surface area (Å²) in [5, 5.41) is 23.2. The first-order chi connectivity index (χ1) is 32.0. The van der Waals surface area contributed by atoms with Gasteiger partial charge in [0.05, 0.1) is 25.4 Å². The van der Waals surface area contributed by atoms with Crippen LogP contribution in [0.4, 0.5) is 0 Å². The minimum absolute atomic E-state index is 0.0291. The minimum Gasteiger partial charge on any atom is -0.466 e. The van der Waals surface area contributed by atoms with E-state index in [1.165, 1.54) is 205 Å². The van der Waals surface area contributed by atoms with Crippen molar-refractivity contribution in [3.05, 3.63) is 36.5 Å². The molecule has 1 amide bonds. The fourth-order valence-electron chi connectivity index (χ4n) is 8.72. The van der Waals surface area contributed by atoms with Gasteiger partial charge in [-0.25, -0.2) is 0 Å². The summed E-state index contributed by atoms with van der Waals surface area (Å²) in [5.41, 5.74) is 0. The average Bonchev–Trinajstić information content (AvgIpc) is 3.31. The molecule has 0 aromatic rings. The monoisotopic (exact) mass is 914 g/mol. The maximum absolute atomic E-state index is 12.5. The van der Waals surface area contributed by atoms with Crippen molar-refractivity contribution in [2.24, 2.45) is 0 Å². The molecular weight excluding hydrogens is 803 g/mol. The molecule has 3 N–H and O–H groups in total. The van der Waals surface area contributed by atoms with Crippen LogP contribution in [0.25, 0.3) is 0 Å². The lowest BCUT2D eigenvalue weighted by molar-refractivity contribution is -0.143. The number of allylic oxidation sites excluding steroid dienone is 5. The highest BCUT2D eigenvalue weighted by molar-refractivity contribution is 5.76. The Kier molecular flexibility index (Phi) is 53.1. The number of hydrogen-bond acceptors (Lipinski definition) is 5. The molecule has 2 unspecified atom stereocenters. The van der Waals surface area contributed by atoms with E-state index < -0.39 is 12.1 Å². The molecule has 0 aliphatic carbocycles. The molecule has 2 atom stereocenters. The number of esters is 1. The zero-order chi connectivity index (χ0) is 47.2. The highest BCUT2D eigenvalue weighted by atomic mass is 16.5. The van der Waals surface area contributed by atoms with Gasteiger partial charge in [0.1, 0.15) is 0 Å². The molecule has 0 saturated heterocycles. The topological polar surface area (TPSA) is 95.9 Å². The Labute approximate surface area is 404 Å². The summed E-state index contributed by atoms with van der Waals surface area (Å²) in [7, 11) is 0. The number of nitrogens with one attached hydrogen (secondary N) is 1. The highest BCUT2D eigenvalue weighted by Crippen LogP contribution is 2.17. The zero-order valence-electron chi connectivity index (χ0n) is 43.5. The van der Waals surface area contributed by atoms with Crippen LogP contribution in [0.1, 0.15) is 303 Å². The van der Waals surface area contributed by atoms with Crippen molar-refractivity contribution < 1.29 is 24.5 Å². The number of rotatable bonds is 53. The van der Waals surface area contributed by atoms with Gasteiger partial charge in [0, 0.05) is 12.8 Å². The molecule has 65 heavy (non-hydrogen) atoms. The number of aliphatic hydroxyl groups is 2. The van der Waals surface area contributed by atoms with E-state index in [1.807, 2.05) is 6.08 Å². The summed E-state index contributed by atoms with van der Waals surface area (Å²) >= 11 is 0. The van der Waals surface area contributed by atoms with Crippen LogP contribution in [0.15, 0.2) is 36.5 Å². The molecule has 0 aliphatic rings. The van der Waals surface area contributed by atoms with Crippen LogP contribution in [0.5, 0.6) is 0 Å². The number of ether oxygens (including phenoxy) is 1. The van der Waals surface area contributed by atoms with Gasteiger partial charge < -0.3 is 20.3 Å². The first-order valence-corrected chi connectivity index (χ1v) is 28.8. The molecule has 0 fully saturated rings. The second kappa shape index (κ2) is 54.7. The molecule has 6 nitrogen and oxygen atoms in total. The standard InChI is InChI=1S/C59H111NO5/c1-3-5-7-9-11-13-15-17-19-20-21-22-23-24-25-27-28-31-35-39-43-47-51-57(62)56(55-61)60-58(63)52-48-44-40-36-32-30-34-38-42-46-50-54-65-59(64)53-49-45-41-37-33-29-26-18-16-14-12-10-8-6-4-2/h12,14,18,26,47,51,56-57,61-62H,3-11,13,15-17,19-25,27-46,48-50,52-55H2,1-2H3,(H,60,63)/b14-12-,26-18-,51-47+. The van der Waals surface area contributed by atoms with Crippen molar-refractivity contribution >= 4 is 11.9 Å². The number of hydrogen-bond donors (Lipinski definition) is 3. The van der Waals surface area contributed by atoms with Crippen LogP contribution < -0.4 is 5.32 Å². The summed E-state index contributed by atoms with van der Waals surface area (Å²) in [6, 6.07) is -0.644. The van der Waals surface area contributed by atoms with Gasteiger partial charge in [-0.2, -0.15) is 0 Å². The van der Waals surface area contributed by atoms with Gasteiger partial charge in [0.15, 0.2) is 0 Å². The van der Waals surface area contributed by atoms with Crippen LogP contribution in [-0.4, -0.2) is 47.4 Å². The fourth-order valence-corrected chi connectivity index (χ4v) is 8.72. The predicted molar refractivity (Wildman–Crippen MR) is 283 cm³/mol. The normalized spacial score (nSPS) is 12.9. The molecule has 0 radical (unpaired) electrons. The summed E-state index contributed by atoms with van der Waals surface area (Å²) in [5.74, 6) is -0.115. The Bertz CT molecular complexity index is 1060. The van der Waals surface area contributed by atoms with Crippen molar-refractivity contribution in [3.8, 4) is 0 Å². The Morgan fingerprint density at radius 3 is 1.20 bits per heavy atom. The van der Waals surface area contributed by atoms with Crippen LogP contribution in [0, 0.1) is 0 Å². The molecule has 0 spiro atoms. The summed E-state index contributed by atoms with van der Waals surface area (Å²) in [6.45, 7) is 4.84. The number of carbonyl (C=O) groups is 2. The third-order valence-corrected chi connectivity index (χ3v) is 13.2. The van der Waals surface area contributed by atoms with Crippen molar-refractivity contribution in [1.82, 2.24) is 5.32 Å². The predicted octanol–water partition coefficient (Wildman–Crippen LogP) is 17.6. The lowest BCUT2D eigenvalue weighted by atomic mass is 10.0. The van der Waals surface area contributed by atoms with Crippen molar-refractivity contribution in [2.45, 2.75) is 315 Å². The summed E-state index contributed by atoms with van der Waals surface area (Å²) in [4.78, 5) is 24.5. The van der Waals surface area contributed by atoms with Gasteiger partial charge >= 0.3 is 5.97 Å². The zero-order valence-corrected chi connectivity index (χ0v) is 43.5. The van der Waals surface area contributed by atoms with Crippen LogP contribution in [0.3, 0.4) is 0 Å². The lowest BCUT2D eigenvalue weighted by Gasteiger charge is -2.20. The van der Waals surface area contributed by atoms with Gasteiger partial charge in [-0.05, 0) is 64.2 Å². The first-order valence-electron chi connectivity index (χ1n) is 28.8. The maximum atomic E-state index is 12.5. The average molecular weight is 915 g/mol. The number of amides is 1. The van der Waals surface area contributed by atoms with E-state index in [0.717, 1.165) is 70.6 Å². The van der Waals surface area contributed by atoms with Gasteiger partial charge in [-0.15, -0.1) is 0 Å². The molecule has 0 heterocycles. The Hall–Kier alpha value is -1.92. The van der Waals surface area contributed by atoms with Crippen molar-refractivity contribution in [3.63, 3.8) is 0 Å². The number of unbranched alkanes of at least 4 members (excludes halogenated alkanes) is 38. The minimum atomic E-state index is -0.859. The molecule has 382 valence electrons. The van der Waals surface area contributed by atoms with Crippen molar-refractivity contribution in [1.29, 1.82) is 0 Å². The number of aliphatic hydroxyl groups excluding tert-OH is 2. The van der Waals surface area contributed by atoms with Crippen LogP contribution in [-0.2, 0) is 14.3 Å². The molecule has 0 aromatic heterocycles. The first kappa shape index (κ1) is 63.1. The Morgan fingerprint density at radius 2 is 0.769 bits per heavy atom. The van der Waals surface area contributed by atoms with E-state index >= 15 is 0 Å². The van der Waals surface area contributed by atoms with Gasteiger partial charge in [-0.3, -0.25) is 9.59 Å². The third-order valence-electron chi connectivity index (χ3n) is 13.2. The van der Waals surface area contributed by atoms with E-state index in [-0.39, 0.29) is 18.5 Å². The molecule has 0 aliphatic heterocycles. The third kappa shape index (κ3) is 51.3. The molecule has 0 bridgehead atoms. The molecule has 0 saturated carbocycles. The van der Waals surface area contributed by atoms with E-state index in [4.69, 9.17) is 4.74 Å². The molecule has 0 rings (SSSR count). The van der Waals surface area contributed by atoms with Crippen molar-refractivity contribution in [2.75, 3.05) is 13.2 Å². The van der Waals surface area contributed by atoms with Gasteiger partial charge in [0.2, 0.25) is 5.91 Å². The highest BCUT2D eigenvalue weighted by Gasteiger charge is 2.18. The van der Waals surface area contributed by atoms with Gasteiger partial charge in [-0.1, -0.05) is 262 Å². The Balaban J connectivity index is 3.51. The number of carbonyl (C=O) groups excluding carboxylic acids is 2. The largest absolute Gasteiger partial charge is 0.466 e. The fraction of sp³-hybridized carbons (Fsp3) is 0.864. The molecule has 6 heteroatoms. The van der Waals surface area contributed by atoms with E-state index in [9.17, 15) is 19.8 Å². The van der Waals surface area contributed by atoms with E-state index in [2.05, 4.69) is 43.5 Å². The van der Waals surface area contributed by atoms with E-state index in [1.54, 1.807) is 6.08 Å². The van der Waals surface area contributed by atoms with Crippen LogP contribution in [0.2, 0.25) is 0 Å². The molecule has 0 aromatic carbocycles. The second-order valence-corrected chi connectivity index (χ2v) is 19.6. The molecular formula is C59H111NO5.